The lowest BCUT2D eigenvalue weighted by atomic mass is 10.1. The number of hydrogen-bond donors (Lipinski definition) is 0. The van der Waals surface area contributed by atoms with Crippen LogP contribution in [0.4, 0.5) is 5.69 Å². The SMILES string of the molecule is Cc1ccccc1C=Cc1ccc2cccc([N+](=O)[O-])c2n1. The molecule has 0 N–H and O–H groups in total. The largest absolute Gasteiger partial charge is 0.295 e. The zero-order chi connectivity index (χ0) is 15.5. The van der Waals surface area contributed by atoms with Crippen molar-refractivity contribution in [3.63, 3.8) is 0 Å². The van der Waals surface area contributed by atoms with E-state index in [4.69, 9.17) is 0 Å². The summed E-state index contributed by atoms with van der Waals surface area (Å²) >= 11 is 0. The zero-order valence-corrected chi connectivity index (χ0v) is 12.1. The molecule has 108 valence electrons. The fraction of sp³-hybridized carbons (Fsp3) is 0.0556. The van der Waals surface area contributed by atoms with Crippen molar-refractivity contribution in [2.45, 2.75) is 6.92 Å². The molecule has 3 aromatic rings. The van der Waals surface area contributed by atoms with Crippen molar-refractivity contribution in [2.75, 3.05) is 0 Å². The minimum atomic E-state index is -0.399. The summed E-state index contributed by atoms with van der Waals surface area (Å²) < 4.78 is 0. The molecule has 0 bridgehead atoms. The van der Waals surface area contributed by atoms with Gasteiger partial charge in [-0.05, 0) is 30.2 Å². The Kier molecular flexibility index (Phi) is 3.66. The molecule has 0 saturated carbocycles. The monoisotopic (exact) mass is 290 g/mol. The van der Waals surface area contributed by atoms with Gasteiger partial charge in [-0.1, -0.05) is 48.5 Å². The first-order chi connectivity index (χ1) is 10.6. The molecule has 4 heteroatoms. The van der Waals surface area contributed by atoms with Crippen molar-refractivity contribution in [2.24, 2.45) is 0 Å². The number of fused-ring (bicyclic) bond motifs is 1. The van der Waals surface area contributed by atoms with Crippen molar-refractivity contribution in [3.05, 3.63) is 81.5 Å². The fourth-order valence-corrected chi connectivity index (χ4v) is 2.34. The van der Waals surface area contributed by atoms with E-state index < -0.39 is 4.92 Å². The highest BCUT2D eigenvalue weighted by Crippen LogP contribution is 2.24. The summed E-state index contributed by atoms with van der Waals surface area (Å²) in [5, 5.41) is 11.9. The number of nitro benzene ring substituents is 1. The van der Waals surface area contributed by atoms with Gasteiger partial charge in [-0.25, -0.2) is 4.98 Å². The number of rotatable bonds is 3. The third kappa shape index (κ3) is 2.72. The Labute approximate surface area is 127 Å². The standard InChI is InChI=1S/C18H14N2O2/c1-13-5-2-3-6-14(13)9-11-16-12-10-15-7-4-8-17(20(21)22)18(15)19-16/h2-12H,1H3. The molecule has 0 radical (unpaired) electrons. The Morgan fingerprint density at radius 1 is 1.00 bits per heavy atom. The molecule has 0 fully saturated rings. The molecule has 4 nitrogen and oxygen atoms in total. The molecule has 0 amide bonds. The van der Waals surface area contributed by atoms with Gasteiger partial charge in [0, 0.05) is 11.5 Å². The predicted octanol–water partition coefficient (Wildman–Crippen LogP) is 4.62. The number of non-ortho nitro benzene ring substituents is 1. The molecular weight excluding hydrogens is 276 g/mol. The summed E-state index contributed by atoms with van der Waals surface area (Å²) in [6, 6.07) is 16.7. The van der Waals surface area contributed by atoms with Gasteiger partial charge in [0.2, 0.25) is 0 Å². The molecule has 2 aromatic carbocycles. The van der Waals surface area contributed by atoms with Gasteiger partial charge in [0.05, 0.1) is 10.6 Å². The van der Waals surface area contributed by atoms with E-state index in [1.54, 1.807) is 6.07 Å². The maximum atomic E-state index is 11.1. The highest BCUT2D eigenvalue weighted by atomic mass is 16.6. The number of benzene rings is 2. The lowest BCUT2D eigenvalue weighted by molar-refractivity contribution is -0.383. The van der Waals surface area contributed by atoms with Gasteiger partial charge in [-0.2, -0.15) is 0 Å². The number of nitrogens with zero attached hydrogens (tertiary/aromatic N) is 2. The smallest absolute Gasteiger partial charge is 0.258 e. The molecule has 22 heavy (non-hydrogen) atoms. The van der Waals surface area contributed by atoms with Crippen LogP contribution in [0, 0.1) is 17.0 Å². The van der Waals surface area contributed by atoms with Crippen LogP contribution in [0.2, 0.25) is 0 Å². The molecule has 1 heterocycles. The van der Waals surface area contributed by atoms with Gasteiger partial charge in [-0.3, -0.25) is 10.1 Å². The Morgan fingerprint density at radius 2 is 1.82 bits per heavy atom. The minimum absolute atomic E-state index is 0.0311. The first-order valence-corrected chi connectivity index (χ1v) is 6.93. The van der Waals surface area contributed by atoms with Crippen LogP contribution in [-0.2, 0) is 0 Å². The van der Waals surface area contributed by atoms with Crippen molar-refractivity contribution in [1.82, 2.24) is 4.98 Å². The number of hydrogen-bond acceptors (Lipinski definition) is 3. The van der Waals surface area contributed by atoms with Crippen LogP contribution in [0.5, 0.6) is 0 Å². The zero-order valence-electron chi connectivity index (χ0n) is 12.1. The molecular formula is C18H14N2O2. The Balaban J connectivity index is 2.04. The fourth-order valence-electron chi connectivity index (χ4n) is 2.34. The van der Waals surface area contributed by atoms with Gasteiger partial charge in [0.1, 0.15) is 5.52 Å². The average molecular weight is 290 g/mol. The van der Waals surface area contributed by atoms with Crippen molar-refractivity contribution in [1.29, 1.82) is 0 Å². The molecule has 0 spiro atoms. The van der Waals surface area contributed by atoms with Crippen LogP contribution in [0.1, 0.15) is 16.8 Å². The molecule has 1 aromatic heterocycles. The highest BCUT2D eigenvalue weighted by molar-refractivity contribution is 5.88. The molecule has 0 aliphatic rings. The second-order valence-electron chi connectivity index (χ2n) is 5.03. The first-order valence-electron chi connectivity index (χ1n) is 6.93. The molecule has 0 unspecified atom stereocenters. The van der Waals surface area contributed by atoms with Crippen LogP contribution in [0.3, 0.4) is 0 Å². The van der Waals surface area contributed by atoms with Gasteiger partial charge in [0.15, 0.2) is 0 Å². The normalized spacial score (nSPS) is 11.1. The van der Waals surface area contributed by atoms with E-state index in [0.717, 1.165) is 10.9 Å². The second kappa shape index (κ2) is 5.77. The molecule has 3 rings (SSSR count). The minimum Gasteiger partial charge on any atom is -0.258 e. The number of nitro groups is 1. The van der Waals surface area contributed by atoms with E-state index in [1.807, 2.05) is 61.5 Å². The van der Waals surface area contributed by atoms with Crippen LogP contribution >= 0.6 is 0 Å². The number of pyridine rings is 1. The van der Waals surface area contributed by atoms with E-state index in [2.05, 4.69) is 4.98 Å². The van der Waals surface area contributed by atoms with Crippen molar-refractivity contribution >= 4 is 28.7 Å². The Morgan fingerprint density at radius 3 is 2.59 bits per heavy atom. The van der Waals surface area contributed by atoms with E-state index in [0.29, 0.717) is 11.2 Å². The van der Waals surface area contributed by atoms with E-state index in [9.17, 15) is 10.1 Å². The number of para-hydroxylation sites is 1. The Hall–Kier alpha value is -3.01. The number of aryl methyl sites for hydroxylation is 1. The van der Waals surface area contributed by atoms with Crippen LogP contribution in [-0.4, -0.2) is 9.91 Å². The van der Waals surface area contributed by atoms with Gasteiger partial charge in [0.25, 0.3) is 5.69 Å². The van der Waals surface area contributed by atoms with E-state index in [-0.39, 0.29) is 5.69 Å². The van der Waals surface area contributed by atoms with E-state index >= 15 is 0 Å². The third-order valence-corrected chi connectivity index (χ3v) is 3.54. The van der Waals surface area contributed by atoms with Crippen LogP contribution in [0.25, 0.3) is 23.1 Å². The van der Waals surface area contributed by atoms with Crippen LogP contribution < -0.4 is 0 Å². The maximum Gasteiger partial charge on any atom is 0.295 e. The Bertz CT molecular complexity index is 885. The number of aromatic nitrogens is 1. The average Bonchev–Trinajstić information content (AvgIpc) is 2.53. The predicted molar refractivity (Wildman–Crippen MR) is 88.5 cm³/mol. The van der Waals surface area contributed by atoms with Crippen molar-refractivity contribution < 1.29 is 4.92 Å². The molecule has 0 aliphatic carbocycles. The summed E-state index contributed by atoms with van der Waals surface area (Å²) in [6.07, 6.45) is 3.84. The van der Waals surface area contributed by atoms with E-state index in [1.165, 1.54) is 11.6 Å². The third-order valence-electron chi connectivity index (χ3n) is 3.54. The summed E-state index contributed by atoms with van der Waals surface area (Å²) in [6.45, 7) is 2.04. The van der Waals surface area contributed by atoms with Crippen molar-refractivity contribution in [3.8, 4) is 0 Å². The summed E-state index contributed by atoms with van der Waals surface area (Å²) in [5.41, 5.74) is 3.42. The highest BCUT2D eigenvalue weighted by Gasteiger charge is 2.12. The molecule has 0 aliphatic heterocycles. The topological polar surface area (TPSA) is 56.0 Å². The lowest BCUT2D eigenvalue weighted by Crippen LogP contribution is -1.92. The quantitative estimate of drug-likeness (QED) is 0.522. The summed E-state index contributed by atoms with van der Waals surface area (Å²) in [7, 11) is 0. The first kappa shape index (κ1) is 13.9. The second-order valence-corrected chi connectivity index (χ2v) is 5.03. The van der Waals surface area contributed by atoms with Gasteiger partial charge < -0.3 is 0 Å². The molecule has 0 saturated heterocycles. The summed E-state index contributed by atoms with van der Waals surface area (Å²) in [4.78, 5) is 15.1. The van der Waals surface area contributed by atoms with Crippen LogP contribution in [0.15, 0.2) is 54.6 Å². The van der Waals surface area contributed by atoms with Gasteiger partial charge >= 0.3 is 0 Å². The molecule has 0 atom stereocenters. The lowest BCUT2D eigenvalue weighted by Gasteiger charge is -2.01. The summed E-state index contributed by atoms with van der Waals surface area (Å²) in [5.74, 6) is 0. The van der Waals surface area contributed by atoms with Gasteiger partial charge in [-0.15, -0.1) is 0 Å². The maximum absolute atomic E-state index is 11.1.